The Kier molecular flexibility index (Phi) is 7.06. The Hall–Kier alpha value is -2.14. The van der Waals surface area contributed by atoms with Gasteiger partial charge < -0.3 is 10.1 Å². The quantitative estimate of drug-likeness (QED) is 0.617. The van der Waals surface area contributed by atoms with Gasteiger partial charge in [0, 0.05) is 49.9 Å². The van der Waals surface area contributed by atoms with Gasteiger partial charge in [-0.05, 0) is 43.5 Å². The van der Waals surface area contributed by atoms with E-state index in [-0.39, 0.29) is 23.8 Å². The molecule has 0 bridgehead atoms. The molecular formula is C26H32F3N3O3S. The van der Waals surface area contributed by atoms with Crippen LogP contribution in [0, 0.1) is 5.92 Å². The van der Waals surface area contributed by atoms with Crippen molar-refractivity contribution in [2.45, 2.75) is 44.2 Å². The molecule has 2 aromatic carbocycles. The van der Waals surface area contributed by atoms with Crippen LogP contribution in [0.3, 0.4) is 0 Å². The maximum absolute atomic E-state index is 13.5. The molecule has 0 amide bonds. The molecule has 10 heteroatoms. The zero-order valence-corrected chi connectivity index (χ0v) is 21.1. The Bertz CT molecular complexity index is 1170. The number of piperazine rings is 1. The summed E-state index contributed by atoms with van der Waals surface area (Å²) < 4.78 is 73.1. The molecule has 2 saturated heterocycles. The number of sulfonamides is 1. The largest absolute Gasteiger partial charge is 0.416 e. The first-order valence-corrected chi connectivity index (χ1v) is 14.1. The minimum atomic E-state index is -4.42. The molecule has 2 aromatic rings. The van der Waals surface area contributed by atoms with Crippen molar-refractivity contribution in [1.29, 1.82) is 0 Å². The number of nitrogens with zero attached hydrogens (tertiary/aromatic N) is 2. The third-order valence-corrected chi connectivity index (χ3v) is 9.57. The van der Waals surface area contributed by atoms with E-state index in [2.05, 4.69) is 10.2 Å². The molecule has 0 aromatic heterocycles. The fourth-order valence-electron chi connectivity index (χ4n) is 5.72. The van der Waals surface area contributed by atoms with Crippen LogP contribution in [0.25, 0.3) is 0 Å². The highest BCUT2D eigenvalue weighted by Gasteiger charge is 2.44. The molecule has 5 rings (SSSR count). The van der Waals surface area contributed by atoms with Gasteiger partial charge in [-0.25, -0.2) is 8.42 Å². The van der Waals surface area contributed by atoms with E-state index in [1.165, 1.54) is 16.4 Å². The smallest absolute Gasteiger partial charge is 0.378 e. The zero-order valence-electron chi connectivity index (χ0n) is 20.2. The number of hydrogen-bond acceptors (Lipinski definition) is 5. The molecule has 0 radical (unpaired) electrons. The molecule has 3 aliphatic rings. The number of rotatable bonds is 5. The van der Waals surface area contributed by atoms with Gasteiger partial charge in [0.25, 0.3) is 0 Å². The summed E-state index contributed by atoms with van der Waals surface area (Å²) in [5.41, 5.74) is 1.66. The lowest BCUT2D eigenvalue weighted by Crippen LogP contribution is -2.51. The van der Waals surface area contributed by atoms with E-state index in [9.17, 15) is 21.6 Å². The van der Waals surface area contributed by atoms with E-state index in [0.29, 0.717) is 44.0 Å². The van der Waals surface area contributed by atoms with Crippen molar-refractivity contribution in [2.75, 3.05) is 43.8 Å². The van der Waals surface area contributed by atoms with E-state index in [1.807, 2.05) is 30.3 Å². The Morgan fingerprint density at radius 1 is 1.03 bits per heavy atom. The number of nitrogens with one attached hydrogen (secondary N) is 1. The van der Waals surface area contributed by atoms with Gasteiger partial charge in [0.05, 0.1) is 29.6 Å². The highest BCUT2D eigenvalue weighted by molar-refractivity contribution is 7.89. The van der Waals surface area contributed by atoms with E-state index in [4.69, 9.17) is 4.74 Å². The van der Waals surface area contributed by atoms with Gasteiger partial charge in [-0.1, -0.05) is 30.3 Å². The minimum absolute atomic E-state index is 0.00572. The predicted molar refractivity (Wildman–Crippen MR) is 132 cm³/mol. The lowest BCUT2D eigenvalue weighted by molar-refractivity contribution is -0.138. The van der Waals surface area contributed by atoms with Crippen molar-refractivity contribution in [2.24, 2.45) is 5.92 Å². The maximum Gasteiger partial charge on any atom is 0.416 e. The first-order chi connectivity index (χ1) is 17.2. The van der Waals surface area contributed by atoms with Crippen LogP contribution in [0.15, 0.2) is 48.5 Å². The molecule has 36 heavy (non-hydrogen) atoms. The van der Waals surface area contributed by atoms with Gasteiger partial charge in [-0.2, -0.15) is 17.5 Å². The normalized spacial score (nSPS) is 27.7. The van der Waals surface area contributed by atoms with E-state index in [1.54, 1.807) is 6.92 Å². The predicted octanol–water partition coefficient (Wildman–Crippen LogP) is 4.68. The fraction of sp³-hybridized carbons (Fsp3) is 0.538. The number of anilines is 1. The first kappa shape index (κ1) is 25.5. The number of halogens is 3. The van der Waals surface area contributed by atoms with Crippen LogP contribution < -0.4 is 5.32 Å². The third-order valence-electron chi connectivity index (χ3n) is 7.68. The van der Waals surface area contributed by atoms with Crippen LogP contribution in [-0.2, 0) is 20.9 Å². The average molecular weight is 524 g/mol. The number of fused-ring (bicyclic) bond motifs is 3. The molecule has 3 heterocycles. The van der Waals surface area contributed by atoms with Gasteiger partial charge in [0.1, 0.15) is 0 Å². The van der Waals surface area contributed by atoms with E-state index >= 15 is 0 Å². The summed E-state index contributed by atoms with van der Waals surface area (Å²) in [7, 11) is -3.20. The SMILES string of the molecule is CCS(=O)(=O)N1CCN(C[C@H]2CC[C@@H]3[C@H](O2)c2cc(C(F)(F)F)ccc2N[C@H]3c2ccccc2)CC1. The molecule has 1 N–H and O–H groups in total. The third kappa shape index (κ3) is 5.14. The molecule has 4 atom stereocenters. The summed E-state index contributed by atoms with van der Waals surface area (Å²) in [5.74, 6) is 0.101. The molecule has 196 valence electrons. The summed E-state index contributed by atoms with van der Waals surface area (Å²) in [6.07, 6.45) is -3.38. The molecule has 3 aliphatic heterocycles. The summed E-state index contributed by atoms with van der Waals surface area (Å²) in [6, 6.07) is 13.8. The van der Waals surface area contributed by atoms with E-state index in [0.717, 1.165) is 24.5 Å². The summed E-state index contributed by atoms with van der Waals surface area (Å²) in [4.78, 5) is 2.20. The zero-order chi connectivity index (χ0) is 25.5. The second-order valence-corrected chi connectivity index (χ2v) is 12.1. The first-order valence-electron chi connectivity index (χ1n) is 12.5. The Balaban J connectivity index is 1.36. The van der Waals surface area contributed by atoms with Crippen LogP contribution in [0.4, 0.5) is 18.9 Å². The van der Waals surface area contributed by atoms with Crippen LogP contribution >= 0.6 is 0 Å². The van der Waals surface area contributed by atoms with Crippen molar-refractivity contribution in [3.8, 4) is 0 Å². The van der Waals surface area contributed by atoms with Crippen molar-refractivity contribution in [3.05, 3.63) is 65.2 Å². The summed E-state index contributed by atoms with van der Waals surface area (Å²) in [6.45, 7) is 4.44. The molecule has 2 fully saturated rings. The molecule has 0 saturated carbocycles. The van der Waals surface area contributed by atoms with Gasteiger partial charge in [-0.3, -0.25) is 4.90 Å². The topological polar surface area (TPSA) is 61.9 Å². The summed E-state index contributed by atoms with van der Waals surface area (Å²) in [5, 5.41) is 3.49. The average Bonchev–Trinajstić information content (AvgIpc) is 2.88. The molecule has 0 spiro atoms. The van der Waals surface area contributed by atoms with Gasteiger partial charge in [0.2, 0.25) is 10.0 Å². The van der Waals surface area contributed by atoms with Crippen molar-refractivity contribution >= 4 is 15.7 Å². The fourth-order valence-corrected chi connectivity index (χ4v) is 6.80. The standard InChI is InChI=1S/C26H32F3N3O3S/c1-2-36(33,34)32-14-12-31(13-15-32)17-20-9-10-21-24(18-6-4-3-5-7-18)30-23-11-8-19(26(27,28)29)16-22(23)25(21)35-20/h3-8,11,16,20-21,24-25,30H,2,9-10,12-15,17H2,1H3/t20-,21+,24+,25+/m1/s1. The van der Waals surface area contributed by atoms with Crippen LogP contribution in [0.2, 0.25) is 0 Å². The molecular weight excluding hydrogens is 491 g/mol. The Labute approximate surface area is 210 Å². The highest BCUT2D eigenvalue weighted by atomic mass is 32.2. The second-order valence-electron chi connectivity index (χ2n) is 9.85. The lowest BCUT2D eigenvalue weighted by atomic mass is 9.76. The van der Waals surface area contributed by atoms with Gasteiger partial charge in [0.15, 0.2) is 0 Å². The number of benzene rings is 2. The van der Waals surface area contributed by atoms with Crippen LogP contribution in [0.5, 0.6) is 0 Å². The van der Waals surface area contributed by atoms with Crippen molar-refractivity contribution in [1.82, 2.24) is 9.21 Å². The second kappa shape index (κ2) is 9.96. The summed E-state index contributed by atoms with van der Waals surface area (Å²) >= 11 is 0. The van der Waals surface area contributed by atoms with Crippen LogP contribution in [0.1, 0.15) is 48.6 Å². The van der Waals surface area contributed by atoms with E-state index < -0.39 is 27.9 Å². The van der Waals surface area contributed by atoms with Gasteiger partial charge in [-0.15, -0.1) is 0 Å². The van der Waals surface area contributed by atoms with Crippen LogP contribution in [-0.4, -0.2) is 62.2 Å². The Morgan fingerprint density at radius 3 is 2.42 bits per heavy atom. The number of hydrogen-bond donors (Lipinski definition) is 1. The lowest BCUT2D eigenvalue weighted by Gasteiger charge is -2.47. The van der Waals surface area contributed by atoms with Crippen molar-refractivity contribution < 1.29 is 26.3 Å². The van der Waals surface area contributed by atoms with Gasteiger partial charge >= 0.3 is 6.18 Å². The van der Waals surface area contributed by atoms with Crippen molar-refractivity contribution in [3.63, 3.8) is 0 Å². The number of alkyl halides is 3. The molecule has 6 nitrogen and oxygen atoms in total. The number of ether oxygens (including phenoxy) is 1. The minimum Gasteiger partial charge on any atom is -0.378 e. The Morgan fingerprint density at radius 2 is 1.75 bits per heavy atom. The maximum atomic E-state index is 13.5. The molecule has 0 unspecified atom stereocenters. The molecule has 0 aliphatic carbocycles. The monoisotopic (exact) mass is 523 g/mol. The highest BCUT2D eigenvalue weighted by Crippen LogP contribution is 2.51.